The molecule has 0 bridgehead atoms. The normalized spacial score (nSPS) is 12.5. The lowest BCUT2D eigenvalue weighted by Gasteiger charge is -2.25. The number of rotatable bonds is 11. The number of benzene rings is 1. The van der Waals surface area contributed by atoms with E-state index in [2.05, 4.69) is 15.5 Å². The van der Waals surface area contributed by atoms with Crippen LogP contribution in [0.1, 0.15) is 12.1 Å². The van der Waals surface area contributed by atoms with E-state index in [9.17, 15) is 5.11 Å². The minimum atomic E-state index is -0.534. The molecule has 132 valence electrons. The Kier molecular flexibility index (Phi) is 7.82. The summed E-state index contributed by atoms with van der Waals surface area (Å²) < 4.78 is 12.9. The molecule has 0 fully saturated rings. The van der Waals surface area contributed by atoms with Gasteiger partial charge in [0.2, 0.25) is 0 Å². The molecular weight excluding hydrogens is 304 g/mol. The number of aliphatic hydroxyl groups excluding tert-OH is 1. The molecule has 1 unspecified atom stereocenters. The lowest BCUT2D eigenvalue weighted by atomic mass is 10.2. The average Bonchev–Trinajstić information content (AvgIpc) is 2.99. The molecule has 24 heavy (non-hydrogen) atoms. The Morgan fingerprint density at radius 1 is 1.17 bits per heavy atom. The largest absolute Gasteiger partial charge is 0.491 e. The molecule has 0 saturated carbocycles. The topological polar surface area (TPSA) is 46.9 Å². The van der Waals surface area contributed by atoms with Gasteiger partial charge >= 0.3 is 0 Å². The highest BCUT2D eigenvalue weighted by Gasteiger charge is 2.14. The van der Waals surface area contributed by atoms with Crippen LogP contribution < -0.4 is 4.74 Å². The first-order valence-corrected chi connectivity index (χ1v) is 8.36. The van der Waals surface area contributed by atoms with Crippen molar-refractivity contribution in [1.29, 1.82) is 0 Å². The van der Waals surface area contributed by atoms with E-state index in [1.165, 1.54) is 5.69 Å². The van der Waals surface area contributed by atoms with E-state index >= 15 is 0 Å². The van der Waals surface area contributed by atoms with Crippen LogP contribution in [0.2, 0.25) is 0 Å². The van der Waals surface area contributed by atoms with Crippen LogP contribution in [0, 0.1) is 0 Å². The standard InChI is InChI=1S/C19H28N2O3/c1-20-11-6-8-17(20)14-21(12-7-13-23-2)15-18(22)16-24-19-9-4-3-5-10-19/h3-6,8-11,18,22H,7,12-16H2,1-2H3. The van der Waals surface area contributed by atoms with Crippen LogP contribution in [0.5, 0.6) is 5.75 Å². The Hall–Kier alpha value is -1.82. The van der Waals surface area contributed by atoms with Gasteiger partial charge < -0.3 is 19.1 Å². The monoisotopic (exact) mass is 332 g/mol. The Bertz CT molecular complexity index is 571. The molecule has 1 atom stereocenters. The third-order valence-electron chi connectivity index (χ3n) is 3.91. The summed E-state index contributed by atoms with van der Waals surface area (Å²) >= 11 is 0. The van der Waals surface area contributed by atoms with Crippen molar-refractivity contribution in [3.63, 3.8) is 0 Å². The first-order valence-electron chi connectivity index (χ1n) is 8.36. The molecule has 1 aromatic heterocycles. The predicted molar refractivity (Wildman–Crippen MR) is 95.1 cm³/mol. The minimum absolute atomic E-state index is 0.290. The molecule has 0 saturated heterocycles. The molecular formula is C19H28N2O3. The van der Waals surface area contributed by atoms with E-state index in [0.717, 1.165) is 31.9 Å². The summed E-state index contributed by atoms with van der Waals surface area (Å²) in [5.41, 5.74) is 1.23. The maximum Gasteiger partial charge on any atom is 0.119 e. The average molecular weight is 332 g/mol. The molecule has 5 nitrogen and oxygen atoms in total. The molecule has 2 rings (SSSR count). The van der Waals surface area contributed by atoms with Gasteiger partial charge in [-0.3, -0.25) is 4.90 Å². The van der Waals surface area contributed by atoms with Crippen LogP contribution >= 0.6 is 0 Å². The van der Waals surface area contributed by atoms with Crippen molar-refractivity contribution in [3.8, 4) is 5.75 Å². The van der Waals surface area contributed by atoms with Crippen molar-refractivity contribution < 1.29 is 14.6 Å². The lowest BCUT2D eigenvalue weighted by molar-refractivity contribution is 0.0610. The van der Waals surface area contributed by atoms with E-state index in [4.69, 9.17) is 9.47 Å². The Labute approximate surface area is 144 Å². The maximum absolute atomic E-state index is 10.3. The van der Waals surface area contributed by atoms with Gasteiger partial charge in [-0.25, -0.2) is 0 Å². The van der Waals surface area contributed by atoms with E-state index in [0.29, 0.717) is 6.54 Å². The maximum atomic E-state index is 10.3. The molecule has 1 aromatic carbocycles. The second-order valence-electron chi connectivity index (χ2n) is 5.97. The molecule has 2 aromatic rings. The molecule has 1 heterocycles. The number of hydrogen-bond donors (Lipinski definition) is 1. The third-order valence-corrected chi connectivity index (χ3v) is 3.91. The smallest absolute Gasteiger partial charge is 0.119 e. The van der Waals surface area contributed by atoms with Crippen LogP contribution in [0.15, 0.2) is 48.7 Å². The SMILES string of the molecule is COCCCN(Cc1cccn1C)CC(O)COc1ccccc1. The van der Waals surface area contributed by atoms with Gasteiger partial charge in [-0.15, -0.1) is 0 Å². The molecule has 1 N–H and O–H groups in total. The summed E-state index contributed by atoms with van der Waals surface area (Å²) in [7, 11) is 3.75. The van der Waals surface area contributed by atoms with Crippen molar-refractivity contribution in [2.45, 2.75) is 19.1 Å². The quantitative estimate of drug-likeness (QED) is 0.642. The molecule has 0 amide bonds. The fourth-order valence-electron chi connectivity index (χ4n) is 2.62. The summed E-state index contributed by atoms with van der Waals surface area (Å²) in [6.45, 7) is 3.26. The van der Waals surface area contributed by atoms with Gasteiger partial charge in [0.25, 0.3) is 0 Å². The summed E-state index contributed by atoms with van der Waals surface area (Å²) in [6.07, 6.45) is 2.44. The van der Waals surface area contributed by atoms with E-state index in [1.807, 2.05) is 49.6 Å². The van der Waals surface area contributed by atoms with Gasteiger partial charge in [0.15, 0.2) is 0 Å². The van der Waals surface area contributed by atoms with Gasteiger partial charge in [-0.1, -0.05) is 18.2 Å². The summed E-state index contributed by atoms with van der Waals surface area (Å²) in [5, 5.41) is 10.3. The van der Waals surface area contributed by atoms with Crippen LogP contribution in [0.3, 0.4) is 0 Å². The predicted octanol–water partition coefficient (Wildman–Crippen LogP) is 2.30. The number of methoxy groups -OCH3 is 1. The van der Waals surface area contributed by atoms with Crippen LogP contribution in [-0.2, 0) is 18.3 Å². The Morgan fingerprint density at radius 2 is 1.96 bits per heavy atom. The molecule has 0 spiro atoms. The first-order chi connectivity index (χ1) is 11.7. The summed E-state index contributed by atoms with van der Waals surface area (Å²) in [4.78, 5) is 2.24. The molecule has 0 aliphatic heterocycles. The second-order valence-corrected chi connectivity index (χ2v) is 5.97. The minimum Gasteiger partial charge on any atom is -0.491 e. The number of ether oxygens (including phenoxy) is 2. The van der Waals surface area contributed by atoms with Crippen molar-refractivity contribution in [2.75, 3.05) is 33.4 Å². The lowest BCUT2D eigenvalue weighted by Crippen LogP contribution is -2.36. The van der Waals surface area contributed by atoms with E-state index < -0.39 is 6.10 Å². The third kappa shape index (κ3) is 6.35. The molecule has 0 aliphatic rings. The zero-order chi connectivity index (χ0) is 17.2. The number of aromatic nitrogens is 1. The first kappa shape index (κ1) is 18.5. The van der Waals surface area contributed by atoms with Crippen molar-refractivity contribution in [1.82, 2.24) is 9.47 Å². The van der Waals surface area contributed by atoms with Gasteiger partial charge in [0, 0.05) is 52.3 Å². The van der Waals surface area contributed by atoms with Crippen LogP contribution in [0.4, 0.5) is 0 Å². The van der Waals surface area contributed by atoms with E-state index in [1.54, 1.807) is 7.11 Å². The van der Waals surface area contributed by atoms with Crippen LogP contribution in [-0.4, -0.2) is 54.1 Å². The highest BCUT2D eigenvalue weighted by Crippen LogP contribution is 2.10. The number of para-hydroxylation sites is 1. The number of aliphatic hydroxyl groups is 1. The summed E-state index contributed by atoms with van der Waals surface area (Å²) in [5.74, 6) is 0.782. The Morgan fingerprint density at radius 3 is 2.62 bits per heavy atom. The second kappa shape index (κ2) is 10.1. The van der Waals surface area contributed by atoms with Gasteiger partial charge in [0.05, 0.1) is 0 Å². The van der Waals surface area contributed by atoms with Crippen molar-refractivity contribution in [2.24, 2.45) is 7.05 Å². The zero-order valence-electron chi connectivity index (χ0n) is 14.6. The van der Waals surface area contributed by atoms with Gasteiger partial charge in [-0.05, 0) is 30.7 Å². The fourth-order valence-corrected chi connectivity index (χ4v) is 2.62. The van der Waals surface area contributed by atoms with Crippen molar-refractivity contribution in [3.05, 3.63) is 54.4 Å². The number of nitrogens with zero attached hydrogens (tertiary/aromatic N) is 2. The van der Waals surface area contributed by atoms with Gasteiger partial charge in [0.1, 0.15) is 18.5 Å². The summed E-state index contributed by atoms with van der Waals surface area (Å²) in [6, 6.07) is 13.7. The van der Waals surface area contributed by atoms with E-state index in [-0.39, 0.29) is 6.61 Å². The highest BCUT2D eigenvalue weighted by atomic mass is 16.5. The number of aryl methyl sites for hydroxylation is 1. The van der Waals surface area contributed by atoms with Gasteiger partial charge in [-0.2, -0.15) is 0 Å². The molecule has 0 aliphatic carbocycles. The highest BCUT2D eigenvalue weighted by molar-refractivity contribution is 5.20. The zero-order valence-corrected chi connectivity index (χ0v) is 14.6. The number of hydrogen-bond acceptors (Lipinski definition) is 4. The molecule has 0 radical (unpaired) electrons. The fraction of sp³-hybridized carbons (Fsp3) is 0.474. The Balaban J connectivity index is 1.84. The van der Waals surface area contributed by atoms with Crippen LogP contribution in [0.25, 0.3) is 0 Å². The molecule has 5 heteroatoms. The van der Waals surface area contributed by atoms with Crippen molar-refractivity contribution >= 4 is 0 Å².